The molecular weight excluding hydrogens is 275 g/mol. The van der Waals surface area contributed by atoms with E-state index in [4.69, 9.17) is 4.74 Å². The SMILES string of the molecule is Cn1nc(C(=O)OC2CCc3ccc(F)cc32)ccc1=O. The summed E-state index contributed by atoms with van der Waals surface area (Å²) in [4.78, 5) is 23.3. The Hall–Kier alpha value is -2.50. The minimum atomic E-state index is -0.618. The standard InChI is InChI=1S/C15H13FN2O3/c1-18-14(19)7-5-12(17-18)15(20)21-13-6-3-9-2-4-10(16)8-11(9)13/h2,4-5,7-8,13H,3,6H2,1H3. The Balaban J connectivity index is 1.82. The number of esters is 1. The van der Waals surface area contributed by atoms with Gasteiger partial charge in [-0.2, -0.15) is 5.10 Å². The van der Waals surface area contributed by atoms with Gasteiger partial charge in [0.05, 0.1) is 0 Å². The zero-order valence-corrected chi connectivity index (χ0v) is 11.4. The van der Waals surface area contributed by atoms with Gasteiger partial charge in [0.1, 0.15) is 11.9 Å². The van der Waals surface area contributed by atoms with Crippen molar-refractivity contribution in [2.75, 3.05) is 0 Å². The molecule has 21 heavy (non-hydrogen) atoms. The van der Waals surface area contributed by atoms with Crippen LogP contribution in [0.25, 0.3) is 0 Å². The number of carbonyl (C=O) groups is 1. The summed E-state index contributed by atoms with van der Waals surface area (Å²) in [5.41, 5.74) is 1.44. The highest BCUT2D eigenvalue weighted by molar-refractivity contribution is 5.87. The molecule has 0 radical (unpaired) electrons. The second-order valence-electron chi connectivity index (χ2n) is 4.96. The van der Waals surface area contributed by atoms with Gasteiger partial charge in [-0.15, -0.1) is 0 Å². The molecule has 6 heteroatoms. The third-order valence-electron chi connectivity index (χ3n) is 3.55. The molecule has 0 N–H and O–H groups in total. The Labute approximate surface area is 120 Å². The Morgan fingerprint density at radius 2 is 2.19 bits per heavy atom. The van der Waals surface area contributed by atoms with Crippen molar-refractivity contribution in [3.05, 3.63) is 63.3 Å². The molecule has 1 atom stereocenters. The molecule has 2 aromatic rings. The molecule has 3 rings (SSSR count). The zero-order valence-electron chi connectivity index (χ0n) is 11.4. The van der Waals surface area contributed by atoms with Crippen LogP contribution in [-0.4, -0.2) is 15.7 Å². The number of halogens is 1. The highest BCUT2D eigenvalue weighted by atomic mass is 19.1. The van der Waals surface area contributed by atoms with Crippen molar-refractivity contribution in [3.8, 4) is 0 Å². The van der Waals surface area contributed by atoms with Crippen LogP contribution >= 0.6 is 0 Å². The molecule has 108 valence electrons. The highest BCUT2D eigenvalue weighted by Gasteiger charge is 2.27. The van der Waals surface area contributed by atoms with Crippen molar-refractivity contribution >= 4 is 5.97 Å². The van der Waals surface area contributed by atoms with Gasteiger partial charge in [0.15, 0.2) is 5.69 Å². The molecule has 5 nitrogen and oxygen atoms in total. The van der Waals surface area contributed by atoms with Gasteiger partial charge in [-0.25, -0.2) is 13.9 Å². The molecule has 0 spiro atoms. The maximum atomic E-state index is 13.3. The number of nitrogens with zero attached hydrogens (tertiary/aromatic N) is 2. The van der Waals surface area contributed by atoms with E-state index in [0.29, 0.717) is 12.0 Å². The molecule has 1 aromatic carbocycles. The summed E-state index contributed by atoms with van der Waals surface area (Å²) < 4.78 is 19.8. The fourth-order valence-corrected chi connectivity index (χ4v) is 2.46. The lowest BCUT2D eigenvalue weighted by atomic mass is 10.1. The summed E-state index contributed by atoms with van der Waals surface area (Å²) in [6.45, 7) is 0. The van der Waals surface area contributed by atoms with E-state index in [0.717, 1.165) is 16.7 Å². The van der Waals surface area contributed by atoms with Gasteiger partial charge in [-0.05, 0) is 42.2 Å². The van der Waals surface area contributed by atoms with Gasteiger partial charge < -0.3 is 4.74 Å². The monoisotopic (exact) mass is 288 g/mol. The van der Waals surface area contributed by atoms with E-state index in [1.54, 1.807) is 6.07 Å². The van der Waals surface area contributed by atoms with Gasteiger partial charge in [0.2, 0.25) is 0 Å². The molecule has 0 amide bonds. The third kappa shape index (κ3) is 2.56. The Kier molecular flexibility index (Phi) is 3.29. The lowest BCUT2D eigenvalue weighted by Crippen LogP contribution is -2.22. The number of carbonyl (C=O) groups excluding carboxylic acids is 1. The van der Waals surface area contributed by atoms with Crippen LogP contribution in [-0.2, 0) is 18.2 Å². The van der Waals surface area contributed by atoms with E-state index < -0.39 is 12.1 Å². The largest absolute Gasteiger partial charge is 0.453 e. The van der Waals surface area contributed by atoms with Gasteiger partial charge in [0.25, 0.3) is 5.56 Å². The van der Waals surface area contributed by atoms with Gasteiger partial charge in [-0.1, -0.05) is 6.07 Å². The first-order valence-corrected chi connectivity index (χ1v) is 6.58. The first kappa shape index (κ1) is 13.5. The number of aromatic nitrogens is 2. The van der Waals surface area contributed by atoms with Crippen LogP contribution in [0.3, 0.4) is 0 Å². The van der Waals surface area contributed by atoms with Crippen molar-refractivity contribution in [3.63, 3.8) is 0 Å². The molecule has 1 aliphatic rings. The predicted molar refractivity (Wildman–Crippen MR) is 72.4 cm³/mol. The first-order chi connectivity index (χ1) is 10.0. The molecule has 1 heterocycles. The number of fused-ring (bicyclic) bond motifs is 1. The lowest BCUT2D eigenvalue weighted by molar-refractivity contribution is 0.0291. The van der Waals surface area contributed by atoms with Crippen LogP contribution in [0.1, 0.15) is 34.1 Å². The van der Waals surface area contributed by atoms with E-state index in [1.807, 2.05) is 0 Å². The van der Waals surface area contributed by atoms with Gasteiger partial charge in [0, 0.05) is 13.1 Å². The van der Waals surface area contributed by atoms with E-state index >= 15 is 0 Å². The quantitative estimate of drug-likeness (QED) is 0.790. The average Bonchev–Trinajstić information content (AvgIpc) is 2.84. The Morgan fingerprint density at radius 1 is 1.38 bits per heavy atom. The van der Waals surface area contributed by atoms with Crippen LogP contribution in [0.4, 0.5) is 4.39 Å². The first-order valence-electron chi connectivity index (χ1n) is 6.58. The van der Waals surface area contributed by atoms with Crippen molar-refractivity contribution in [2.45, 2.75) is 18.9 Å². The molecule has 0 bridgehead atoms. The molecule has 0 aliphatic heterocycles. The molecule has 1 aromatic heterocycles. The van der Waals surface area contributed by atoms with Crippen LogP contribution in [0.15, 0.2) is 35.1 Å². The van der Waals surface area contributed by atoms with Crippen molar-refractivity contribution in [1.29, 1.82) is 0 Å². The number of hydrogen-bond acceptors (Lipinski definition) is 4. The van der Waals surface area contributed by atoms with Crippen LogP contribution in [0.5, 0.6) is 0 Å². The smallest absolute Gasteiger partial charge is 0.359 e. The number of rotatable bonds is 2. The second kappa shape index (κ2) is 5.12. The zero-order chi connectivity index (χ0) is 15.0. The molecule has 1 unspecified atom stereocenters. The van der Waals surface area contributed by atoms with Crippen molar-refractivity contribution < 1.29 is 13.9 Å². The number of hydrogen-bond donors (Lipinski definition) is 0. The number of ether oxygens (including phenoxy) is 1. The van der Waals surface area contributed by atoms with Crippen molar-refractivity contribution in [2.24, 2.45) is 7.05 Å². The maximum Gasteiger partial charge on any atom is 0.359 e. The number of aryl methyl sites for hydroxylation is 2. The summed E-state index contributed by atoms with van der Waals surface area (Å²) in [6.07, 6.45) is 0.895. The molecule has 0 saturated heterocycles. The summed E-state index contributed by atoms with van der Waals surface area (Å²) in [5, 5.41) is 3.84. The third-order valence-corrected chi connectivity index (χ3v) is 3.55. The molecular formula is C15H13FN2O3. The van der Waals surface area contributed by atoms with Crippen LogP contribution < -0.4 is 5.56 Å². The summed E-state index contributed by atoms with van der Waals surface area (Å²) in [6, 6.07) is 7.09. The van der Waals surface area contributed by atoms with Gasteiger partial charge in [-0.3, -0.25) is 4.79 Å². The molecule has 0 fully saturated rings. The highest BCUT2D eigenvalue weighted by Crippen LogP contribution is 2.34. The topological polar surface area (TPSA) is 61.2 Å². The minimum Gasteiger partial charge on any atom is -0.453 e. The van der Waals surface area contributed by atoms with E-state index in [-0.39, 0.29) is 17.1 Å². The fourth-order valence-electron chi connectivity index (χ4n) is 2.46. The lowest BCUT2D eigenvalue weighted by Gasteiger charge is -2.13. The van der Waals surface area contributed by atoms with E-state index in [1.165, 1.54) is 31.3 Å². The number of benzene rings is 1. The second-order valence-corrected chi connectivity index (χ2v) is 4.96. The fraction of sp³-hybridized carbons (Fsp3) is 0.267. The minimum absolute atomic E-state index is 0.0574. The van der Waals surface area contributed by atoms with Crippen LogP contribution in [0.2, 0.25) is 0 Å². The Bertz CT molecular complexity index is 770. The molecule has 1 aliphatic carbocycles. The average molecular weight is 288 g/mol. The Morgan fingerprint density at radius 3 is 2.95 bits per heavy atom. The van der Waals surface area contributed by atoms with E-state index in [9.17, 15) is 14.0 Å². The van der Waals surface area contributed by atoms with Gasteiger partial charge >= 0.3 is 5.97 Å². The predicted octanol–water partition coefficient (Wildman–Crippen LogP) is 1.76. The summed E-state index contributed by atoms with van der Waals surface area (Å²) in [7, 11) is 1.46. The summed E-state index contributed by atoms with van der Waals surface area (Å²) >= 11 is 0. The van der Waals surface area contributed by atoms with E-state index in [2.05, 4.69) is 5.10 Å². The maximum absolute atomic E-state index is 13.3. The normalized spacial score (nSPS) is 16.6. The van der Waals surface area contributed by atoms with Crippen LogP contribution in [0, 0.1) is 5.82 Å². The molecule has 0 saturated carbocycles. The summed E-state index contributed by atoms with van der Waals surface area (Å²) in [5.74, 6) is -0.968. The van der Waals surface area contributed by atoms with Crippen molar-refractivity contribution in [1.82, 2.24) is 9.78 Å².